The van der Waals surface area contributed by atoms with Crippen LogP contribution in [0.15, 0.2) is 194 Å². The maximum Gasteiger partial charge on any atom is 0.478 e. The Labute approximate surface area is 748 Å². The number of carbonyl (C=O) groups excluding carboxylic acids is 8. The molecule has 6 aliphatic heterocycles. The Hall–Kier alpha value is -5.89. The highest BCUT2D eigenvalue weighted by molar-refractivity contribution is 7.07. The molecule has 0 aliphatic carbocycles. The second kappa shape index (κ2) is 37.2. The fraction of sp³-hybridized carbons (Fsp3) is 0.364. The van der Waals surface area contributed by atoms with Crippen molar-refractivity contribution in [2.45, 2.75) is 201 Å². The predicted octanol–water partition coefficient (Wildman–Crippen LogP) is 15.2. The van der Waals surface area contributed by atoms with Crippen molar-refractivity contribution in [2.75, 3.05) is 0 Å². The van der Waals surface area contributed by atoms with Crippen molar-refractivity contribution in [3.63, 3.8) is 0 Å². The molecule has 36 heteroatoms. The molecule has 6 fully saturated rings. The molecule has 14 rings (SSSR count). The first-order valence-corrected chi connectivity index (χ1v) is 84.4. The van der Waals surface area contributed by atoms with E-state index in [0.717, 1.165) is 91.8 Å². The normalized spacial score (nSPS) is 24.8. The molecular formula is C88H120O20Si16. The van der Waals surface area contributed by atoms with Crippen molar-refractivity contribution in [2.24, 2.45) is 0 Å². The van der Waals surface area contributed by atoms with Crippen molar-refractivity contribution in [1.29, 1.82) is 0 Å². The van der Waals surface area contributed by atoms with Gasteiger partial charge in [-0.2, -0.15) is 0 Å². The number of carbonyl (C=O) groups is 8. The molecule has 6 aliphatic rings. The van der Waals surface area contributed by atoms with Crippen molar-refractivity contribution in [3.8, 4) is 0 Å². The molecule has 124 heavy (non-hydrogen) atoms. The Morgan fingerprint density at radius 3 is 0.363 bits per heavy atom. The second-order valence-electron chi connectivity index (χ2n) is 39.7. The molecule has 0 radical (unpaired) electrons. The van der Waals surface area contributed by atoms with E-state index in [1.54, 1.807) is 0 Å². The van der Waals surface area contributed by atoms with Crippen LogP contribution in [-0.4, -0.2) is 185 Å². The third kappa shape index (κ3) is 21.7. The van der Waals surface area contributed by atoms with E-state index in [1.807, 2.05) is 146 Å². The monoisotopic (exact) mass is 1940 g/mol. The minimum absolute atomic E-state index is 0.131. The van der Waals surface area contributed by atoms with Gasteiger partial charge in [0.05, 0.1) is 64.6 Å². The van der Waals surface area contributed by atoms with Gasteiger partial charge in [0.15, 0.2) is 0 Å². The summed E-state index contributed by atoms with van der Waals surface area (Å²) in [5.74, 6) is 0. The van der Waals surface area contributed by atoms with Crippen molar-refractivity contribution in [3.05, 3.63) is 239 Å². The summed E-state index contributed by atoms with van der Waals surface area (Å²) in [4.78, 5) is 103. The third-order valence-electron chi connectivity index (χ3n) is 26.6. The summed E-state index contributed by atoms with van der Waals surface area (Å²) in [6.07, 6.45) is 7.04. The van der Waals surface area contributed by atoms with Crippen LogP contribution in [0.25, 0.3) is 0 Å². The van der Waals surface area contributed by atoms with E-state index in [0.29, 0.717) is 92.9 Å². The van der Waals surface area contributed by atoms with Crippen molar-refractivity contribution < 1.29 is 87.7 Å². The van der Waals surface area contributed by atoms with E-state index >= 15 is 0 Å². The van der Waals surface area contributed by atoms with Gasteiger partial charge in [0.1, 0.15) is 50.3 Å². The lowest BCUT2D eigenvalue weighted by molar-refractivity contribution is -0.0288. The van der Waals surface area contributed by atoms with Gasteiger partial charge in [0.25, 0.3) is 0 Å². The summed E-state index contributed by atoms with van der Waals surface area (Å²) in [5.41, 5.74) is 4.32. The summed E-state index contributed by atoms with van der Waals surface area (Å²) in [6.45, 7) is 36.6. The van der Waals surface area contributed by atoms with Crippen LogP contribution in [-0.2, 0) is 49.4 Å². The van der Waals surface area contributed by atoms with Crippen molar-refractivity contribution in [1.82, 2.24) is 0 Å². The van der Waals surface area contributed by atoms with E-state index < -0.39 is 135 Å². The van der Waals surface area contributed by atoms with Gasteiger partial charge in [0.2, 0.25) is 0 Å². The molecule has 0 aromatic heterocycles. The molecule has 0 N–H and O–H groups in total. The third-order valence-corrected chi connectivity index (χ3v) is 94.4. The van der Waals surface area contributed by atoms with Crippen LogP contribution in [0.2, 0.25) is 201 Å². The van der Waals surface area contributed by atoms with Gasteiger partial charge in [-0.05, 0) is 48.4 Å². The maximum atomic E-state index is 12.9. The number of aldehydes is 8. The first-order chi connectivity index (χ1) is 58.4. The largest absolute Gasteiger partial charge is 0.478 e. The number of benzene rings is 8. The molecule has 0 unspecified atom stereocenters. The second-order valence-corrected chi connectivity index (χ2v) is 103. The molecular weight excluding hydrogens is 1830 g/mol. The summed E-state index contributed by atoms with van der Waals surface area (Å²) in [5, 5.41) is 8.14. The van der Waals surface area contributed by atoms with Gasteiger partial charge >= 0.3 is 70.4 Å². The molecule has 656 valence electrons. The van der Waals surface area contributed by atoms with Gasteiger partial charge in [-0.25, -0.2) is 0 Å². The van der Waals surface area contributed by atoms with E-state index in [2.05, 4.69) is 153 Å². The van der Waals surface area contributed by atoms with E-state index in [4.69, 9.17) is 49.4 Å². The van der Waals surface area contributed by atoms with Crippen LogP contribution in [0.5, 0.6) is 0 Å². The lowest BCUT2D eigenvalue weighted by Crippen LogP contribution is -2.88. The Balaban J connectivity index is 1.17. The van der Waals surface area contributed by atoms with Gasteiger partial charge in [-0.15, -0.1) is 0 Å². The lowest BCUT2D eigenvalue weighted by Gasteiger charge is -2.64. The molecule has 0 saturated carbocycles. The zero-order valence-electron chi connectivity index (χ0n) is 74.6. The molecule has 8 bridgehead atoms. The Morgan fingerprint density at radius 1 is 0.177 bits per heavy atom. The molecule has 0 spiro atoms. The molecule has 8 aromatic carbocycles. The predicted molar refractivity (Wildman–Crippen MR) is 528 cm³/mol. The number of hydrogen-bond donors (Lipinski definition) is 0. The minimum atomic E-state index is -4.95. The Bertz CT molecular complexity index is 4280. The van der Waals surface area contributed by atoms with Crippen LogP contribution in [0.4, 0.5) is 0 Å². The molecule has 6 saturated heterocycles. The summed E-state index contributed by atoms with van der Waals surface area (Å²) in [6, 6.07) is 67.3. The van der Waals surface area contributed by atoms with Crippen LogP contribution in [0, 0.1) is 0 Å². The van der Waals surface area contributed by atoms with Gasteiger partial charge in [-0.1, -0.05) is 340 Å². The van der Waals surface area contributed by atoms with Gasteiger partial charge in [-0.3, -0.25) is 38.4 Å². The summed E-state index contributed by atoms with van der Waals surface area (Å²) >= 11 is 0. The zero-order valence-corrected chi connectivity index (χ0v) is 90.6. The van der Waals surface area contributed by atoms with Crippen LogP contribution < -0.4 is 41.5 Å². The molecule has 20 nitrogen and oxygen atoms in total. The Morgan fingerprint density at radius 2 is 0.274 bits per heavy atom. The highest BCUT2D eigenvalue weighted by atomic mass is 28.6. The van der Waals surface area contributed by atoms with E-state index in [9.17, 15) is 38.4 Å². The van der Waals surface area contributed by atoms with Crippen molar-refractivity contribution >= 4 is 227 Å². The Kier molecular flexibility index (Phi) is 28.7. The SMILES string of the molecule is C[Si](C)(CC[Si]12O[Si]3(CC[Si](C)(C)c4cccc(C=O)c4)O[Si]4(CC[Si](C)(C)c5cccc(C=O)c5)O[Si](CC[Si](C)(C)c5cccc(C=O)c5)(O1)O[Si]1(CC[Si](C)(C)c5cccc(C=O)c5)O[Si](CC[Si](C)(C)c5cccc(C=O)c5)(O2)O[Si](CC[Si](C)(C)c2cccc(C=O)c2)(O3)O[Si](CC[Si](C)(C)c2cccc(C=O)c2)(O4)O1)c1cccc(C=O)c1. The first kappa shape index (κ1) is 95.7. The topological polar surface area (TPSA) is 247 Å². The average Bonchev–Trinajstić information content (AvgIpc) is 0.682. The smallest absolute Gasteiger partial charge is 0.373 e. The molecule has 8 aromatic rings. The highest BCUT2D eigenvalue weighted by Crippen LogP contribution is 2.57. The fourth-order valence-corrected chi connectivity index (χ4v) is 104. The maximum absolute atomic E-state index is 12.9. The zero-order chi connectivity index (χ0) is 89.3. The van der Waals surface area contributed by atoms with Crippen LogP contribution in [0.1, 0.15) is 82.9 Å². The van der Waals surface area contributed by atoms with E-state index in [1.165, 1.54) is 0 Å². The summed E-state index contributed by atoms with van der Waals surface area (Å²) in [7, 11) is -62.3. The van der Waals surface area contributed by atoms with Gasteiger partial charge in [0, 0.05) is 92.9 Å². The number of rotatable bonds is 40. The molecule has 0 amide bonds. The first-order valence-electron chi connectivity index (χ1n) is 43.3. The quantitative estimate of drug-likeness (QED) is 0.0256. The van der Waals surface area contributed by atoms with Crippen LogP contribution >= 0.6 is 0 Å². The minimum Gasteiger partial charge on any atom is -0.373 e. The standard InChI is InChI=1S/C88H120O20Si16/c1-109(2,81-33-17-25-73(57-81)65-89)41-49-117-97-118(50-42-110(3,4)82-34-18-26-74(58-82)66-90)100-121(53-45-113(9,10)85-37-21-29-77(61-85)69-93)102-119(98-117,51-43-111(5,6)83-35-19-27-75(59-83)67-91)104-123(55-47-115(13,14)87-39-23-31-79(63-87)71-95)105-120(99-117,52-44-112(7,8)84-36-20-28-76(60-84)68-92)103-122(101-118,54-46-114(11,12)86-38-22-30-78(62-86)70-94)107-124(106-121,108-123)56-48-116(15,16)88-40-24-32-80(64-88)72-96/h17-40,57-72H,41-56H2,1-16H3. The van der Waals surface area contributed by atoms with Crippen LogP contribution in [0.3, 0.4) is 0 Å². The summed E-state index contributed by atoms with van der Waals surface area (Å²) < 4.78 is 107. The van der Waals surface area contributed by atoms with Gasteiger partial charge < -0.3 is 49.4 Å². The fourth-order valence-electron chi connectivity index (χ4n) is 17.7. The molecule has 6 heterocycles. The number of hydrogen-bond acceptors (Lipinski definition) is 20. The average molecular weight is 1950 g/mol. The molecule has 0 atom stereocenters. The van der Waals surface area contributed by atoms with E-state index in [-0.39, 0.29) is 48.4 Å². The lowest BCUT2D eigenvalue weighted by atomic mass is 10.2. The highest BCUT2D eigenvalue weighted by Gasteiger charge is 2.83.